The Morgan fingerprint density at radius 1 is 1.03 bits per heavy atom. The average Bonchev–Trinajstić information content (AvgIpc) is 2.82. The van der Waals surface area contributed by atoms with Gasteiger partial charge in [-0.05, 0) is 42.2 Å². The summed E-state index contributed by atoms with van der Waals surface area (Å²) < 4.78 is 27.3. The van der Waals surface area contributed by atoms with E-state index in [0.717, 1.165) is 12.0 Å². The SMILES string of the molecule is CCC(C)c1ccc(S(=O)(=O)N2CCN(C(=O)CNC(=O)c3ccccc3Cl)CC2)cc1. The van der Waals surface area contributed by atoms with E-state index >= 15 is 0 Å². The molecular formula is C23H28ClN3O4S. The van der Waals surface area contributed by atoms with Gasteiger partial charge in [0, 0.05) is 26.2 Å². The fourth-order valence-corrected chi connectivity index (χ4v) is 5.18. The highest BCUT2D eigenvalue weighted by Gasteiger charge is 2.30. The average molecular weight is 478 g/mol. The summed E-state index contributed by atoms with van der Waals surface area (Å²) >= 11 is 6.01. The molecule has 2 amide bonds. The fraction of sp³-hybridized carbons (Fsp3) is 0.391. The second-order valence-electron chi connectivity index (χ2n) is 7.83. The quantitative estimate of drug-likeness (QED) is 0.663. The van der Waals surface area contributed by atoms with E-state index in [9.17, 15) is 18.0 Å². The van der Waals surface area contributed by atoms with E-state index in [0.29, 0.717) is 16.5 Å². The number of carbonyl (C=O) groups excluding carboxylic acids is 2. The normalized spacial score (nSPS) is 15.9. The Balaban J connectivity index is 1.54. The van der Waals surface area contributed by atoms with E-state index in [4.69, 9.17) is 11.6 Å². The number of nitrogens with zero attached hydrogens (tertiary/aromatic N) is 2. The zero-order chi connectivity index (χ0) is 23.3. The molecule has 0 spiro atoms. The summed E-state index contributed by atoms with van der Waals surface area (Å²) in [5.74, 6) is -0.314. The number of sulfonamides is 1. The summed E-state index contributed by atoms with van der Waals surface area (Å²) in [6, 6.07) is 13.6. The molecule has 0 radical (unpaired) electrons. The molecule has 2 aromatic carbocycles. The molecule has 1 aliphatic rings. The van der Waals surface area contributed by atoms with Crippen LogP contribution in [0.25, 0.3) is 0 Å². The van der Waals surface area contributed by atoms with Crippen molar-refractivity contribution in [3.05, 3.63) is 64.7 Å². The number of rotatable bonds is 7. The molecule has 0 saturated carbocycles. The van der Waals surface area contributed by atoms with Crippen LogP contribution in [0.5, 0.6) is 0 Å². The maximum absolute atomic E-state index is 13.0. The van der Waals surface area contributed by atoms with Crippen LogP contribution in [0.4, 0.5) is 0 Å². The third kappa shape index (κ3) is 5.49. The summed E-state index contributed by atoms with van der Waals surface area (Å²) in [6.07, 6.45) is 0.987. The van der Waals surface area contributed by atoms with Crippen molar-refractivity contribution in [1.29, 1.82) is 0 Å². The monoisotopic (exact) mass is 477 g/mol. The van der Waals surface area contributed by atoms with Gasteiger partial charge in [0.1, 0.15) is 0 Å². The Hall–Kier alpha value is -2.42. The van der Waals surface area contributed by atoms with Gasteiger partial charge in [0.25, 0.3) is 5.91 Å². The zero-order valence-electron chi connectivity index (χ0n) is 18.3. The second kappa shape index (κ2) is 10.5. The molecule has 1 unspecified atom stereocenters. The smallest absolute Gasteiger partial charge is 0.253 e. The second-order valence-corrected chi connectivity index (χ2v) is 10.2. The van der Waals surface area contributed by atoms with Gasteiger partial charge in [-0.2, -0.15) is 4.31 Å². The Morgan fingerprint density at radius 3 is 2.25 bits per heavy atom. The highest BCUT2D eigenvalue weighted by Crippen LogP contribution is 2.23. The van der Waals surface area contributed by atoms with Crippen molar-refractivity contribution in [3.8, 4) is 0 Å². The van der Waals surface area contributed by atoms with Crippen LogP contribution >= 0.6 is 11.6 Å². The van der Waals surface area contributed by atoms with Crippen LogP contribution in [0.1, 0.15) is 42.1 Å². The van der Waals surface area contributed by atoms with Crippen LogP contribution in [0.2, 0.25) is 5.02 Å². The number of halogens is 1. The molecule has 172 valence electrons. The molecule has 1 N–H and O–H groups in total. The number of benzene rings is 2. The van der Waals surface area contributed by atoms with Crippen LogP contribution in [-0.2, 0) is 14.8 Å². The maximum atomic E-state index is 13.0. The topological polar surface area (TPSA) is 86.8 Å². The van der Waals surface area contributed by atoms with Crippen molar-refractivity contribution in [1.82, 2.24) is 14.5 Å². The number of carbonyl (C=O) groups is 2. The lowest BCUT2D eigenvalue weighted by molar-refractivity contribution is -0.131. The van der Waals surface area contributed by atoms with Gasteiger partial charge in [-0.3, -0.25) is 9.59 Å². The molecule has 1 heterocycles. The Bertz CT molecular complexity index is 1060. The molecule has 0 bridgehead atoms. The molecule has 0 aliphatic carbocycles. The lowest BCUT2D eigenvalue weighted by Gasteiger charge is -2.34. The van der Waals surface area contributed by atoms with E-state index in [-0.39, 0.29) is 43.5 Å². The molecule has 3 rings (SSSR count). The van der Waals surface area contributed by atoms with E-state index in [1.807, 2.05) is 12.1 Å². The number of amides is 2. The lowest BCUT2D eigenvalue weighted by Crippen LogP contribution is -2.52. The highest BCUT2D eigenvalue weighted by atomic mass is 35.5. The zero-order valence-corrected chi connectivity index (χ0v) is 19.8. The van der Waals surface area contributed by atoms with Gasteiger partial charge < -0.3 is 10.2 Å². The van der Waals surface area contributed by atoms with Crippen molar-refractivity contribution in [3.63, 3.8) is 0 Å². The molecule has 7 nitrogen and oxygen atoms in total. The van der Waals surface area contributed by atoms with Crippen molar-refractivity contribution in [2.45, 2.75) is 31.1 Å². The van der Waals surface area contributed by atoms with Gasteiger partial charge in [-0.15, -0.1) is 0 Å². The molecule has 2 aromatic rings. The summed E-state index contributed by atoms with van der Waals surface area (Å²) in [5.41, 5.74) is 1.41. The molecule has 1 aliphatic heterocycles. The minimum atomic E-state index is -3.62. The van der Waals surface area contributed by atoms with Gasteiger partial charge in [0.05, 0.1) is 22.0 Å². The fourth-order valence-electron chi connectivity index (χ4n) is 3.54. The molecule has 1 atom stereocenters. The van der Waals surface area contributed by atoms with Gasteiger partial charge in [-0.25, -0.2) is 8.42 Å². The first-order valence-electron chi connectivity index (χ1n) is 10.6. The lowest BCUT2D eigenvalue weighted by atomic mass is 9.99. The van der Waals surface area contributed by atoms with E-state index in [1.165, 1.54) is 4.31 Å². The first-order valence-corrected chi connectivity index (χ1v) is 12.5. The Labute approximate surface area is 194 Å². The number of piperazine rings is 1. The van der Waals surface area contributed by atoms with Gasteiger partial charge in [-0.1, -0.05) is 49.7 Å². The van der Waals surface area contributed by atoms with Gasteiger partial charge in [0.15, 0.2) is 0 Å². The standard InChI is InChI=1S/C23H28ClN3O4S/c1-3-17(2)18-8-10-19(11-9-18)32(30,31)27-14-12-26(13-15-27)22(28)16-25-23(29)20-6-4-5-7-21(20)24/h4-11,17H,3,12-16H2,1-2H3,(H,25,29). The van der Waals surface area contributed by atoms with E-state index < -0.39 is 15.9 Å². The molecule has 32 heavy (non-hydrogen) atoms. The molecule has 1 fully saturated rings. The largest absolute Gasteiger partial charge is 0.343 e. The third-order valence-electron chi connectivity index (χ3n) is 5.81. The number of hydrogen-bond donors (Lipinski definition) is 1. The third-order valence-corrected chi connectivity index (χ3v) is 8.05. The summed E-state index contributed by atoms with van der Waals surface area (Å²) in [4.78, 5) is 26.5. The number of hydrogen-bond acceptors (Lipinski definition) is 4. The molecule has 0 aromatic heterocycles. The van der Waals surface area contributed by atoms with Crippen LogP contribution in [-0.4, -0.2) is 62.2 Å². The first kappa shape index (κ1) is 24.2. The maximum Gasteiger partial charge on any atom is 0.253 e. The van der Waals surface area contributed by atoms with Gasteiger partial charge >= 0.3 is 0 Å². The summed E-state index contributed by atoms with van der Waals surface area (Å²) in [5, 5.41) is 2.89. The summed E-state index contributed by atoms with van der Waals surface area (Å²) in [7, 11) is -3.62. The first-order chi connectivity index (χ1) is 15.2. The number of nitrogens with one attached hydrogen (secondary N) is 1. The van der Waals surface area contributed by atoms with Crippen LogP contribution < -0.4 is 5.32 Å². The Morgan fingerprint density at radius 2 is 1.66 bits per heavy atom. The van der Waals surface area contributed by atoms with E-state index in [1.54, 1.807) is 41.3 Å². The van der Waals surface area contributed by atoms with Gasteiger partial charge in [0.2, 0.25) is 15.9 Å². The van der Waals surface area contributed by atoms with Crippen molar-refractivity contribution in [2.75, 3.05) is 32.7 Å². The van der Waals surface area contributed by atoms with Crippen molar-refractivity contribution < 1.29 is 18.0 Å². The highest BCUT2D eigenvalue weighted by molar-refractivity contribution is 7.89. The van der Waals surface area contributed by atoms with Crippen molar-refractivity contribution >= 4 is 33.4 Å². The molecular weight excluding hydrogens is 450 g/mol. The summed E-state index contributed by atoms with van der Waals surface area (Å²) in [6.45, 7) is 4.98. The van der Waals surface area contributed by atoms with Crippen molar-refractivity contribution in [2.24, 2.45) is 0 Å². The van der Waals surface area contributed by atoms with Crippen LogP contribution in [0, 0.1) is 0 Å². The predicted molar refractivity (Wildman–Crippen MR) is 124 cm³/mol. The van der Waals surface area contributed by atoms with Crippen LogP contribution in [0.3, 0.4) is 0 Å². The minimum absolute atomic E-state index is 0.173. The van der Waals surface area contributed by atoms with E-state index in [2.05, 4.69) is 19.2 Å². The predicted octanol–water partition coefficient (Wildman–Crippen LogP) is 3.12. The minimum Gasteiger partial charge on any atom is -0.343 e. The van der Waals surface area contributed by atoms with Crippen LogP contribution in [0.15, 0.2) is 53.4 Å². The molecule has 1 saturated heterocycles. The molecule has 9 heteroatoms. The Kier molecular flexibility index (Phi) is 7.92.